The standard InChI is InChI=1S/C16H12F18O4/c17-9(18,11(21,22)13(25,26)15(29,30)31)3-1-5(7(35)36)6(8(37)38)2-4-10(19,20)12(23,24)14(27,28)16(32,33)34/h5-6H,1-4H2,(H,35,36)(H,37,38). The molecule has 0 saturated heterocycles. The van der Waals surface area contributed by atoms with Gasteiger partial charge in [0.2, 0.25) is 0 Å². The van der Waals surface area contributed by atoms with Gasteiger partial charge in [-0.2, -0.15) is 79.0 Å². The van der Waals surface area contributed by atoms with Crippen LogP contribution in [-0.2, 0) is 9.59 Å². The van der Waals surface area contributed by atoms with Crippen LogP contribution in [0.3, 0.4) is 0 Å². The highest BCUT2D eigenvalue weighted by molar-refractivity contribution is 5.79. The molecule has 0 spiro atoms. The summed E-state index contributed by atoms with van der Waals surface area (Å²) < 4.78 is 232. The second kappa shape index (κ2) is 10.3. The summed E-state index contributed by atoms with van der Waals surface area (Å²) in [7, 11) is 0. The minimum atomic E-state index is -7.45. The van der Waals surface area contributed by atoms with Gasteiger partial charge in [-0.3, -0.25) is 9.59 Å². The van der Waals surface area contributed by atoms with E-state index in [9.17, 15) is 88.6 Å². The van der Waals surface area contributed by atoms with Crippen molar-refractivity contribution in [3.8, 4) is 0 Å². The molecule has 226 valence electrons. The van der Waals surface area contributed by atoms with E-state index in [0.717, 1.165) is 0 Å². The summed E-state index contributed by atoms with van der Waals surface area (Å²) in [4.78, 5) is 22.3. The number of carbonyl (C=O) groups is 2. The van der Waals surface area contributed by atoms with Crippen LogP contribution >= 0.6 is 0 Å². The molecule has 0 aliphatic heterocycles. The lowest BCUT2D eigenvalue weighted by Crippen LogP contribution is -2.61. The molecule has 0 bridgehead atoms. The number of rotatable bonds is 13. The van der Waals surface area contributed by atoms with Crippen LogP contribution in [0.25, 0.3) is 0 Å². The van der Waals surface area contributed by atoms with E-state index in [2.05, 4.69) is 0 Å². The molecule has 4 nitrogen and oxygen atoms in total. The Morgan fingerprint density at radius 1 is 0.447 bits per heavy atom. The van der Waals surface area contributed by atoms with Gasteiger partial charge in [-0.15, -0.1) is 0 Å². The molecular formula is C16H12F18O4. The smallest absolute Gasteiger partial charge is 0.460 e. The summed E-state index contributed by atoms with van der Waals surface area (Å²) in [6.07, 6.45) is -25.3. The third-order valence-electron chi connectivity index (χ3n) is 5.08. The molecule has 0 fully saturated rings. The third-order valence-corrected chi connectivity index (χ3v) is 5.08. The Kier molecular flexibility index (Phi) is 9.71. The molecule has 22 heteroatoms. The first kappa shape index (κ1) is 35.7. The molecule has 0 rings (SSSR count). The SMILES string of the molecule is O=C(O)C(CCC(F)(F)C(F)(F)C(F)(F)C(F)(F)F)C(CCC(F)(F)C(F)(F)C(F)(F)C(F)(F)F)C(=O)O. The predicted octanol–water partition coefficient (Wildman–Crippen LogP) is 6.88. The molecule has 0 saturated carbocycles. The molecule has 0 radical (unpaired) electrons. The largest absolute Gasteiger partial charge is 0.481 e. The average molecular weight is 610 g/mol. The summed E-state index contributed by atoms with van der Waals surface area (Å²) in [6, 6.07) is 0. The van der Waals surface area contributed by atoms with Crippen molar-refractivity contribution in [1.82, 2.24) is 0 Å². The van der Waals surface area contributed by atoms with Gasteiger partial charge in [-0.05, 0) is 12.8 Å². The highest BCUT2D eigenvalue weighted by atomic mass is 19.4. The number of carboxylic acid groups (broad SMARTS) is 2. The van der Waals surface area contributed by atoms with Crippen LogP contribution in [0.2, 0.25) is 0 Å². The number of aliphatic carboxylic acids is 2. The fourth-order valence-corrected chi connectivity index (χ4v) is 2.80. The molecule has 2 N–H and O–H groups in total. The number of halogens is 18. The molecule has 0 aromatic carbocycles. The predicted molar refractivity (Wildman–Crippen MR) is 82.5 cm³/mol. The number of alkyl halides is 18. The van der Waals surface area contributed by atoms with Crippen LogP contribution in [-0.4, -0.2) is 70.0 Å². The van der Waals surface area contributed by atoms with E-state index >= 15 is 0 Å². The van der Waals surface area contributed by atoms with E-state index in [1.807, 2.05) is 0 Å². The number of carboxylic acids is 2. The van der Waals surface area contributed by atoms with Crippen molar-refractivity contribution in [2.75, 3.05) is 0 Å². The molecule has 0 amide bonds. The maximum absolute atomic E-state index is 13.6. The Labute approximate surface area is 197 Å². The molecule has 2 atom stereocenters. The van der Waals surface area contributed by atoms with Crippen molar-refractivity contribution >= 4 is 11.9 Å². The van der Waals surface area contributed by atoms with Crippen molar-refractivity contribution in [3.05, 3.63) is 0 Å². The first-order chi connectivity index (χ1) is 16.3. The summed E-state index contributed by atoms with van der Waals surface area (Å²) in [6.45, 7) is 0. The van der Waals surface area contributed by atoms with Crippen LogP contribution in [0.5, 0.6) is 0 Å². The van der Waals surface area contributed by atoms with E-state index in [-0.39, 0.29) is 0 Å². The van der Waals surface area contributed by atoms with Crippen molar-refractivity contribution in [1.29, 1.82) is 0 Å². The average Bonchev–Trinajstić information content (AvgIpc) is 2.67. The Morgan fingerprint density at radius 2 is 0.658 bits per heavy atom. The fourth-order valence-electron chi connectivity index (χ4n) is 2.80. The van der Waals surface area contributed by atoms with Gasteiger partial charge in [0.1, 0.15) is 0 Å². The Hall–Kier alpha value is -2.32. The number of hydrogen-bond donors (Lipinski definition) is 2. The topological polar surface area (TPSA) is 74.6 Å². The van der Waals surface area contributed by atoms with E-state index in [1.54, 1.807) is 0 Å². The first-order valence-electron chi connectivity index (χ1n) is 9.19. The van der Waals surface area contributed by atoms with Crippen molar-refractivity contribution < 1.29 is 98.8 Å². The third kappa shape index (κ3) is 6.28. The molecule has 0 heterocycles. The maximum atomic E-state index is 13.6. The zero-order valence-corrected chi connectivity index (χ0v) is 17.5. The minimum Gasteiger partial charge on any atom is -0.481 e. The van der Waals surface area contributed by atoms with E-state index in [0.29, 0.717) is 0 Å². The van der Waals surface area contributed by atoms with Gasteiger partial charge < -0.3 is 10.2 Å². The summed E-state index contributed by atoms with van der Waals surface area (Å²) >= 11 is 0. The molecule has 0 aliphatic rings. The highest BCUT2D eigenvalue weighted by Gasteiger charge is 2.82. The lowest BCUT2D eigenvalue weighted by molar-refractivity contribution is -0.397. The second-order valence-electron chi connectivity index (χ2n) is 7.67. The number of hydrogen-bond acceptors (Lipinski definition) is 2. The van der Waals surface area contributed by atoms with E-state index in [4.69, 9.17) is 10.2 Å². The van der Waals surface area contributed by atoms with Crippen LogP contribution in [0.4, 0.5) is 79.0 Å². The molecule has 0 aliphatic carbocycles. The Bertz CT molecular complexity index is 789. The normalized spacial score (nSPS) is 16.8. The zero-order valence-electron chi connectivity index (χ0n) is 17.5. The lowest BCUT2D eigenvalue weighted by Gasteiger charge is -2.35. The fraction of sp³-hybridized carbons (Fsp3) is 0.875. The second-order valence-corrected chi connectivity index (χ2v) is 7.67. The first-order valence-corrected chi connectivity index (χ1v) is 9.19. The molecule has 0 aromatic heterocycles. The van der Waals surface area contributed by atoms with Gasteiger partial charge in [-0.25, -0.2) is 0 Å². The van der Waals surface area contributed by atoms with Crippen molar-refractivity contribution in [2.24, 2.45) is 11.8 Å². The van der Waals surface area contributed by atoms with Gasteiger partial charge in [0, 0.05) is 12.8 Å². The van der Waals surface area contributed by atoms with Gasteiger partial charge in [-0.1, -0.05) is 0 Å². The summed E-state index contributed by atoms with van der Waals surface area (Å²) in [5, 5.41) is 17.8. The monoisotopic (exact) mass is 610 g/mol. The Morgan fingerprint density at radius 3 is 0.816 bits per heavy atom. The van der Waals surface area contributed by atoms with Crippen molar-refractivity contribution in [2.45, 2.75) is 73.6 Å². The molecular weight excluding hydrogens is 598 g/mol. The lowest BCUT2D eigenvalue weighted by atomic mass is 9.82. The quantitative estimate of drug-likeness (QED) is 0.223. The summed E-state index contributed by atoms with van der Waals surface area (Å²) in [5.74, 6) is -54.4. The highest BCUT2D eigenvalue weighted by Crippen LogP contribution is 2.56. The van der Waals surface area contributed by atoms with Crippen LogP contribution in [0.15, 0.2) is 0 Å². The van der Waals surface area contributed by atoms with Gasteiger partial charge in [0.15, 0.2) is 0 Å². The maximum Gasteiger partial charge on any atom is 0.460 e. The van der Waals surface area contributed by atoms with Gasteiger partial charge in [0.05, 0.1) is 11.8 Å². The summed E-state index contributed by atoms with van der Waals surface area (Å²) in [5.41, 5.74) is 0. The molecule has 0 aromatic rings. The zero-order chi connectivity index (χ0) is 31.1. The minimum absolute atomic E-state index is 2.33. The van der Waals surface area contributed by atoms with E-state index in [1.165, 1.54) is 0 Å². The Balaban J connectivity index is 6.07. The van der Waals surface area contributed by atoms with E-state index < -0.39 is 97.3 Å². The van der Waals surface area contributed by atoms with Gasteiger partial charge >= 0.3 is 59.8 Å². The van der Waals surface area contributed by atoms with Crippen LogP contribution in [0, 0.1) is 11.8 Å². The van der Waals surface area contributed by atoms with Crippen LogP contribution < -0.4 is 0 Å². The molecule has 2 unspecified atom stereocenters. The molecule has 38 heavy (non-hydrogen) atoms. The van der Waals surface area contributed by atoms with Crippen LogP contribution in [0.1, 0.15) is 25.7 Å². The van der Waals surface area contributed by atoms with Gasteiger partial charge in [0.25, 0.3) is 0 Å². The van der Waals surface area contributed by atoms with Crippen molar-refractivity contribution in [3.63, 3.8) is 0 Å².